The van der Waals surface area contributed by atoms with Crippen molar-refractivity contribution in [1.29, 1.82) is 0 Å². The Labute approximate surface area is 110 Å². The quantitative estimate of drug-likeness (QED) is 0.205. The zero-order chi connectivity index (χ0) is 13.4. The summed E-state index contributed by atoms with van der Waals surface area (Å²) in [4.78, 5) is 0. The van der Waals surface area contributed by atoms with E-state index < -0.39 is 0 Å². The van der Waals surface area contributed by atoms with E-state index in [2.05, 4.69) is 15.8 Å². The standard InChI is InChI=1S/C11H15N3O3S/c1-17-6-5-12-11(18)14-13-7-8-3-2-4-9(15)10(8)16/h2-4,7,15-16H,5-6H2,1H3,(H2,12,14,18). The first-order chi connectivity index (χ1) is 8.65. The van der Waals surface area contributed by atoms with Gasteiger partial charge in [-0.3, -0.25) is 5.43 Å². The molecule has 1 aromatic rings. The van der Waals surface area contributed by atoms with Crippen LogP contribution in [0.4, 0.5) is 0 Å². The minimum Gasteiger partial charge on any atom is -0.504 e. The van der Waals surface area contributed by atoms with Crippen molar-refractivity contribution < 1.29 is 14.9 Å². The molecule has 0 unspecified atom stereocenters. The van der Waals surface area contributed by atoms with Crippen LogP contribution in [0.3, 0.4) is 0 Å². The van der Waals surface area contributed by atoms with Crippen LogP contribution in [-0.2, 0) is 4.74 Å². The van der Waals surface area contributed by atoms with E-state index >= 15 is 0 Å². The number of hydrazone groups is 1. The van der Waals surface area contributed by atoms with Crippen molar-refractivity contribution in [3.8, 4) is 11.5 Å². The largest absolute Gasteiger partial charge is 0.504 e. The lowest BCUT2D eigenvalue weighted by atomic mass is 10.2. The average Bonchev–Trinajstić information content (AvgIpc) is 2.35. The summed E-state index contributed by atoms with van der Waals surface area (Å²) in [5.74, 6) is -0.416. The van der Waals surface area contributed by atoms with Crippen LogP contribution in [0.15, 0.2) is 23.3 Å². The highest BCUT2D eigenvalue weighted by molar-refractivity contribution is 7.80. The smallest absolute Gasteiger partial charge is 0.187 e. The molecular formula is C11H15N3O3S. The number of aromatic hydroxyl groups is 2. The molecule has 98 valence electrons. The van der Waals surface area contributed by atoms with Crippen molar-refractivity contribution in [1.82, 2.24) is 10.7 Å². The second-order valence-corrected chi connectivity index (χ2v) is 3.74. The van der Waals surface area contributed by atoms with Gasteiger partial charge in [0.2, 0.25) is 0 Å². The highest BCUT2D eigenvalue weighted by Gasteiger charge is 2.02. The Morgan fingerprint density at radius 2 is 2.28 bits per heavy atom. The Bertz CT molecular complexity index is 438. The lowest BCUT2D eigenvalue weighted by Crippen LogP contribution is -2.34. The molecule has 0 amide bonds. The topological polar surface area (TPSA) is 86.1 Å². The Hall–Kier alpha value is -1.86. The normalized spacial score (nSPS) is 10.5. The maximum absolute atomic E-state index is 9.50. The van der Waals surface area contributed by atoms with Crippen LogP contribution in [0.2, 0.25) is 0 Å². The van der Waals surface area contributed by atoms with Gasteiger partial charge in [0.05, 0.1) is 12.8 Å². The minimum absolute atomic E-state index is 0.195. The monoisotopic (exact) mass is 269 g/mol. The maximum atomic E-state index is 9.50. The van der Waals surface area contributed by atoms with Crippen LogP contribution >= 0.6 is 12.2 Å². The number of ether oxygens (including phenoxy) is 1. The zero-order valence-electron chi connectivity index (χ0n) is 9.88. The summed E-state index contributed by atoms with van der Waals surface area (Å²) in [7, 11) is 1.60. The molecule has 6 nitrogen and oxygen atoms in total. The first-order valence-electron chi connectivity index (χ1n) is 5.22. The van der Waals surface area contributed by atoms with Crippen LogP contribution in [-0.4, -0.2) is 41.8 Å². The summed E-state index contributed by atoms with van der Waals surface area (Å²) >= 11 is 4.94. The van der Waals surface area contributed by atoms with Crippen molar-refractivity contribution in [2.24, 2.45) is 5.10 Å². The number of hydrogen-bond acceptors (Lipinski definition) is 5. The van der Waals surface area contributed by atoms with Gasteiger partial charge in [-0.05, 0) is 24.4 Å². The van der Waals surface area contributed by atoms with Gasteiger partial charge in [0.25, 0.3) is 0 Å². The molecule has 18 heavy (non-hydrogen) atoms. The van der Waals surface area contributed by atoms with Crippen molar-refractivity contribution >= 4 is 23.5 Å². The number of rotatable bonds is 5. The number of nitrogens with zero attached hydrogens (tertiary/aromatic N) is 1. The van der Waals surface area contributed by atoms with E-state index in [1.807, 2.05) is 0 Å². The maximum Gasteiger partial charge on any atom is 0.187 e. The highest BCUT2D eigenvalue weighted by Crippen LogP contribution is 2.26. The lowest BCUT2D eigenvalue weighted by Gasteiger charge is -2.05. The first kappa shape index (κ1) is 14.2. The molecule has 1 rings (SSSR count). The van der Waals surface area contributed by atoms with Crippen LogP contribution in [0.5, 0.6) is 11.5 Å². The van der Waals surface area contributed by atoms with Gasteiger partial charge in [0, 0.05) is 19.2 Å². The summed E-state index contributed by atoms with van der Waals surface area (Å²) in [6, 6.07) is 4.60. The number of para-hydroxylation sites is 1. The number of methoxy groups -OCH3 is 1. The molecule has 1 aromatic carbocycles. The van der Waals surface area contributed by atoms with E-state index in [1.54, 1.807) is 19.2 Å². The van der Waals surface area contributed by atoms with Crippen molar-refractivity contribution in [2.45, 2.75) is 0 Å². The summed E-state index contributed by atoms with van der Waals surface area (Å²) < 4.78 is 4.85. The molecule has 0 aliphatic heterocycles. The summed E-state index contributed by atoms with van der Waals surface area (Å²) in [5, 5.41) is 25.8. The van der Waals surface area contributed by atoms with Gasteiger partial charge >= 0.3 is 0 Å². The van der Waals surface area contributed by atoms with Gasteiger partial charge in [-0.1, -0.05) is 6.07 Å². The van der Waals surface area contributed by atoms with Gasteiger partial charge < -0.3 is 20.3 Å². The predicted molar refractivity (Wildman–Crippen MR) is 73.0 cm³/mol. The molecular weight excluding hydrogens is 254 g/mol. The molecule has 0 fully saturated rings. The third-order valence-corrected chi connectivity index (χ3v) is 2.24. The summed E-state index contributed by atoms with van der Waals surface area (Å²) in [6.45, 7) is 1.12. The van der Waals surface area contributed by atoms with Crippen molar-refractivity contribution in [3.05, 3.63) is 23.8 Å². The summed E-state index contributed by atoms with van der Waals surface area (Å²) in [5.41, 5.74) is 2.97. The second kappa shape index (κ2) is 7.46. The number of benzene rings is 1. The number of phenolic OH excluding ortho intramolecular Hbond substituents is 2. The highest BCUT2D eigenvalue weighted by atomic mass is 32.1. The molecule has 0 aromatic heterocycles. The average molecular weight is 269 g/mol. The predicted octanol–water partition coefficient (Wildman–Crippen LogP) is 0.542. The van der Waals surface area contributed by atoms with Crippen LogP contribution in [0, 0.1) is 0 Å². The Balaban J connectivity index is 2.45. The molecule has 4 N–H and O–H groups in total. The van der Waals surface area contributed by atoms with E-state index in [-0.39, 0.29) is 11.5 Å². The van der Waals surface area contributed by atoms with E-state index in [4.69, 9.17) is 17.0 Å². The Kier molecular flexibility index (Phi) is 5.89. The fourth-order valence-corrected chi connectivity index (χ4v) is 1.27. The fourth-order valence-electron chi connectivity index (χ4n) is 1.12. The molecule has 7 heteroatoms. The van der Waals surface area contributed by atoms with Crippen LogP contribution in [0.1, 0.15) is 5.56 Å². The third kappa shape index (κ3) is 4.56. The third-order valence-electron chi connectivity index (χ3n) is 2.01. The van der Waals surface area contributed by atoms with E-state index in [1.165, 1.54) is 12.3 Å². The van der Waals surface area contributed by atoms with Gasteiger partial charge in [-0.15, -0.1) is 0 Å². The SMILES string of the molecule is COCCNC(=S)NN=Cc1cccc(O)c1O. The van der Waals surface area contributed by atoms with Gasteiger partial charge in [-0.2, -0.15) is 5.10 Å². The van der Waals surface area contributed by atoms with E-state index in [0.29, 0.717) is 23.8 Å². The van der Waals surface area contributed by atoms with Gasteiger partial charge in [0.15, 0.2) is 16.6 Å². The number of hydrogen-bond donors (Lipinski definition) is 4. The number of nitrogens with one attached hydrogen (secondary N) is 2. The van der Waals surface area contributed by atoms with Gasteiger partial charge in [-0.25, -0.2) is 0 Å². The van der Waals surface area contributed by atoms with Crippen LogP contribution < -0.4 is 10.7 Å². The van der Waals surface area contributed by atoms with E-state index in [0.717, 1.165) is 0 Å². The molecule has 0 atom stereocenters. The fraction of sp³-hybridized carbons (Fsp3) is 0.273. The molecule has 0 heterocycles. The van der Waals surface area contributed by atoms with Crippen molar-refractivity contribution in [3.63, 3.8) is 0 Å². The number of phenols is 2. The first-order valence-corrected chi connectivity index (χ1v) is 5.62. The zero-order valence-corrected chi connectivity index (χ0v) is 10.7. The molecule has 0 aliphatic rings. The Morgan fingerprint density at radius 1 is 1.50 bits per heavy atom. The van der Waals surface area contributed by atoms with E-state index in [9.17, 15) is 10.2 Å². The molecule has 0 saturated carbocycles. The van der Waals surface area contributed by atoms with Crippen molar-refractivity contribution in [2.75, 3.05) is 20.3 Å². The molecule has 0 spiro atoms. The molecule has 0 aliphatic carbocycles. The molecule has 0 saturated heterocycles. The minimum atomic E-state index is -0.221. The number of thiocarbonyl (C=S) groups is 1. The second-order valence-electron chi connectivity index (χ2n) is 3.33. The van der Waals surface area contributed by atoms with Gasteiger partial charge in [0.1, 0.15) is 0 Å². The Morgan fingerprint density at radius 3 is 3.00 bits per heavy atom. The molecule has 0 radical (unpaired) electrons. The molecule has 0 bridgehead atoms. The van der Waals surface area contributed by atoms with Crippen LogP contribution in [0.25, 0.3) is 0 Å². The lowest BCUT2D eigenvalue weighted by molar-refractivity contribution is 0.204. The summed E-state index contributed by atoms with van der Waals surface area (Å²) in [6.07, 6.45) is 1.36.